The first kappa shape index (κ1) is 15.5. The molecule has 19 heavy (non-hydrogen) atoms. The van der Waals surface area contributed by atoms with Crippen molar-refractivity contribution in [2.45, 2.75) is 32.0 Å². The molecule has 1 rings (SSSR count). The highest BCUT2D eigenvalue weighted by molar-refractivity contribution is 7.99. The molecule has 8 heteroatoms. The van der Waals surface area contributed by atoms with Crippen LogP contribution in [0.25, 0.3) is 0 Å². The van der Waals surface area contributed by atoms with Gasteiger partial charge in [-0.2, -0.15) is 0 Å². The second-order valence-corrected chi connectivity index (χ2v) is 5.38. The number of thioether (sulfide) groups is 1. The lowest BCUT2D eigenvalue weighted by Crippen LogP contribution is -2.28. The van der Waals surface area contributed by atoms with Crippen molar-refractivity contribution in [1.82, 2.24) is 20.1 Å². The van der Waals surface area contributed by atoms with E-state index in [2.05, 4.69) is 15.5 Å². The minimum atomic E-state index is -0.908. The lowest BCUT2D eigenvalue weighted by Gasteiger charge is -2.08. The van der Waals surface area contributed by atoms with Gasteiger partial charge in [0.1, 0.15) is 6.33 Å². The number of rotatable bonds is 8. The van der Waals surface area contributed by atoms with E-state index in [4.69, 9.17) is 5.11 Å². The maximum absolute atomic E-state index is 11.6. The second-order valence-electron chi connectivity index (χ2n) is 4.44. The number of nitrogens with one attached hydrogen (secondary N) is 1. The molecule has 0 saturated carbocycles. The molecule has 0 aliphatic carbocycles. The van der Waals surface area contributed by atoms with Gasteiger partial charge in [0.15, 0.2) is 5.16 Å². The number of carboxylic acid groups (broad SMARTS) is 1. The van der Waals surface area contributed by atoms with E-state index in [1.165, 1.54) is 6.33 Å². The Morgan fingerprint density at radius 3 is 2.89 bits per heavy atom. The van der Waals surface area contributed by atoms with Gasteiger partial charge in [0.2, 0.25) is 5.91 Å². The Morgan fingerprint density at radius 1 is 1.53 bits per heavy atom. The number of hydrogen-bond acceptors (Lipinski definition) is 5. The summed E-state index contributed by atoms with van der Waals surface area (Å²) in [4.78, 5) is 22.0. The average molecular weight is 286 g/mol. The number of aliphatic carboxylic acids is 1. The van der Waals surface area contributed by atoms with Crippen LogP contribution in [0.1, 0.15) is 20.3 Å². The quantitative estimate of drug-likeness (QED) is 0.680. The zero-order valence-corrected chi connectivity index (χ0v) is 11.8. The lowest BCUT2D eigenvalue weighted by molar-refractivity contribution is -0.134. The highest BCUT2D eigenvalue weighted by Gasteiger charge is 2.09. The van der Waals surface area contributed by atoms with E-state index in [1.807, 2.05) is 13.8 Å². The number of carbonyl (C=O) groups excluding carboxylic acids is 1. The van der Waals surface area contributed by atoms with Gasteiger partial charge >= 0.3 is 5.97 Å². The highest BCUT2D eigenvalue weighted by Crippen LogP contribution is 2.14. The molecular formula is C11H18N4O3S. The Balaban J connectivity index is 2.38. The molecule has 0 radical (unpaired) electrons. The van der Waals surface area contributed by atoms with E-state index < -0.39 is 5.97 Å². The van der Waals surface area contributed by atoms with Crippen molar-refractivity contribution < 1.29 is 14.7 Å². The maximum atomic E-state index is 11.6. The summed E-state index contributed by atoms with van der Waals surface area (Å²) in [6, 6.07) is 0. The summed E-state index contributed by atoms with van der Waals surface area (Å²) in [5.41, 5.74) is 0. The van der Waals surface area contributed by atoms with Crippen molar-refractivity contribution in [3.8, 4) is 0 Å². The van der Waals surface area contributed by atoms with E-state index >= 15 is 0 Å². The van der Waals surface area contributed by atoms with Crippen molar-refractivity contribution in [3.05, 3.63) is 6.33 Å². The molecule has 1 aromatic heterocycles. The minimum absolute atomic E-state index is 0.0309. The number of aromatic nitrogens is 3. The molecule has 0 fully saturated rings. The molecule has 0 unspecified atom stereocenters. The lowest BCUT2D eigenvalue weighted by atomic mass is 10.2. The van der Waals surface area contributed by atoms with Crippen LogP contribution in [0, 0.1) is 5.92 Å². The normalized spacial score (nSPS) is 10.7. The number of amides is 1. The molecule has 7 nitrogen and oxygen atoms in total. The standard InChI is InChI=1S/C11H18N4O3S/c1-8(2)5-12-9(16)3-4-15-7-13-14-11(15)19-6-10(17)18/h7-8H,3-6H2,1-2H3,(H,12,16)(H,17,18). The third-order valence-electron chi connectivity index (χ3n) is 2.19. The van der Waals surface area contributed by atoms with E-state index in [0.717, 1.165) is 11.8 Å². The first-order valence-electron chi connectivity index (χ1n) is 5.98. The van der Waals surface area contributed by atoms with Gasteiger partial charge in [-0.25, -0.2) is 0 Å². The van der Waals surface area contributed by atoms with Crippen LogP contribution in [-0.2, 0) is 16.1 Å². The van der Waals surface area contributed by atoms with Crippen molar-refractivity contribution in [3.63, 3.8) is 0 Å². The van der Waals surface area contributed by atoms with Crippen LogP contribution in [-0.4, -0.2) is 44.0 Å². The van der Waals surface area contributed by atoms with Crippen molar-refractivity contribution in [2.75, 3.05) is 12.3 Å². The van der Waals surface area contributed by atoms with Crippen molar-refractivity contribution in [2.24, 2.45) is 5.92 Å². The molecule has 2 N–H and O–H groups in total. The number of carboxylic acids is 1. The average Bonchev–Trinajstić information content (AvgIpc) is 2.78. The van der Waals surface area contributed by atoms with Crippen LogP contribution < -0.4 is 5.32 Å². The number of nitrogens with zero attached hydrogens (tertiary/aromatic N) is 3. The fourth-order valence-electron chi connectivity index (χ4n) is 1.26. The first-order chi connectivity index (χ1) is 8.99. The van der Waals surface area contributed by atoms with Gasteiger partial charge in [-0.15, -0.1) is 10.2 Å². The zero-order valence-electron chi connectivity index (χ0n) is 11.0. The summed E-state index contributed by atoms with van der Waals surface area (Å²) in [5.74, 6) is -0.593. The molecule has 0 aliphatic heterocycles. The largest absolute Gasteiger partial charge is 0.481 e. The van der Waals surface area contributed by atoms with Crippen LogP contribution in [0.4, 0.5) is 0 Å². The predicted molar refractivity (Wildman–Crippen MR) is 70.8 cm³/mol. The number of hydrogen-bond donors (Lipinski definition) is 2. The van der Waals surface area contributed by atoms with Gasteiger partial charge in [0, 0.05) is 19.5 Å². The second kappa shape index (κ2) is 7.78. The molecule has 0 bridgehead atoms. The monoisotopic (exact) mass is 286 g/mol. The number of aryl methyl sites for hydroxylation is 1. The van der Waals surface area contributed by atoms with Gasteiger partial charge in [-0.1, -0.05) is 25.6 Å². The smallest absolute Gasteiger partial charge is 0.313 e. The molecule has 0 aliphatic rings. The van der Waals surface area contributed by atoms with Gasteiger partial charge in [-0.05, 0) is 5.92 Å². The van der Waals surface area contributed by atoms with Crippen molar-refractivity contribution >= 4 is 23.6 Å². The van der Waals surface area contributed by atoms with E-state index in [9.17, 15) is 9.59 Å². The Hall–Kier alpha value is -1.57. The fraction of sp³-hybridized carbons (Fsp3) is 0.636. The molecule has 0 atom stereocenters. The summed E-state index contributed by atoms with van der Waals surface area (Å²) in [6.07, 6.45) is 1.82. The van der Waals surface area contributed by atoms with E-state index in [-0.39, 0.29) is 11.7 Å². The molecule has 0 saturated heterocycles. The summed E-state index contributed by atoms with van der Waals surface area (Å²) >= 11 is 1.09. The van der Waals surface area contributed by atoms with Crippen LogP contribution >= 0.6 is 11.8 Å². The summed E-state index contributed by atoms with van der Waals surface area (Å²) in [7, 11) is 0. The van der Waals surface area contributed by atoms with Crippen LogP contribution in [0.5, 0.6) is 0 Å². The Kier molecular flexibility index (Phi) is 6.34. The Bertz CT molecular complexity index is 433. The Labute approximate surface area is 115 Å². The fourth-order valence-corrected chi connectivity index (χ4v) is 1.93. The number of carbonyl (C=O) groups is 2. The van der Waals surface area contributed by atoms with Crippen LogP contribution in [0.2, 0.25) is 0 Å². The molecule has 1 amide bonds. The van der Waals surface area contributed by atoms with E-state index in [1.54, 1.807) is 4.57 Å². The minimum Gasteiger partial charge on any atom is -0.481 e. The Morgan fingerprint density at radius 2 is 2.26 bits per heavy atom. The third-order valence-corrected chi connectivity index (χ3v) is 3.16. The maximum Gasteiger partial charge on any atom is 0.313 e. The molecule has 0 spiro atoms. The first-order valence-corrected chi connectivity index (χ1v) is 6.96. The van der Waals surface area contributed by atoms with Crippen LogP contribution in [0.3, 0.4) is 0 Å². The summed E-state index contributed by atoms with van der Waals surface area (Å²) < 4.78 is 1.68. The van der Waals surface area contributed by atoms with Crippen LogP contribution in [0.15, 0.2) is 11.5 Å². The van der Waals surface area contributed by atoms with Crippen molar-refractivity contribution in [1.29, 1.82) is 0 Å². The topological polar surface area (TPSA) is 97.1 Å². The molecule has 0 aromatic carbocycles. The molecule has 106 valence electrons. The zero-order chi connectivity index (χ0) is 14.3. The summed E-state index contributed by atoms with van der Waals surface area (Å²) in [6.45, 7) is 5.15. The third kappa shape index (κ3) is 6.23. The van der Waals surface area contributed by atoms with Gasteiger partial charge < -0.3 is 15.0 Å². The predicted octanol–water partition coefficient (Wildman–Crippen LogP) is 0.617. The summed E-state index contributed by atoms with van der Waals surface area (Å²) in [5, 5.41) is 19.5. The van der Waals surface area contributed by atoms with Gasteiger partial charge in [-0.3, -0.25) is 9.59 Å². The molecule has 1 aromatic rings. The highest BCUT2D eigenvalue weighted by atomic mass is 32.2. The molecule has 1 heterocycles. The van der Waals surface area contributed by atoms with Gasteiger partial charge in [0.25, 0.3) is 0 Å². The molecular weight excluding hydrogens is 268 g/mol. The SMILES string of the molecule is CC(C)CNC(=O)CCn1cnnc1SCC(=O)O. The van der Waals surface area contributed by atoms with Gasteiger partial charge in [0.05, 0.1) is 5.75 Å². The van der Waals surface area contributed by atoms with E-state index in [0.29, 0.717) is 30.6 Å².